The fourth-order valence-corrected chi connectivity index (χ4v) is 1.51. The van der Waals surface area contributed by atoms with Gasteiger partial charge in [0.25, 0.3) is 0 Å². The largest absolute Gasteiger partial charge is 0.293 e. The second kappa shape index (κ2) is 4.20. The Morgan fingerprint density at radius 1 is 1.62 bits per heavy atom. The summed E-state index contributed by atoms with van der Waals surface area (Å²) in [5.41, 5.74) is 0.0282. The SMILES string of the molecule is C#CCC(=O)c1c(F)cccc1Br. The Kier molecular flexibility index (Phi) is 3.21. The second-order valence-electron chi connectivity index (χ2n) is 2.40. The fourth-order valence-electron chi connectivity index (χ4n) is 0.945. The molecule has 0 radical (unpaired) electrons. The van der Waals surface area contributed by atoms with Crippen molar-refractivity contribution in [1.29, 1.82) is 0 Å². The average Bonchev–Trinajstić information content (AvgIpc) is 2.04. The second-order valence-corrected chi connectivity index (χ2v) is 3.26. The van der Waals surface area contributed by atoms with Gasteiger partial charge in [0.15, 0.2) is 5.78 Å². The number of ketones is 1. The first kappa shape index (κ1) is 9.94. The predicted molar refractivity (Wildman–Crippen MR) is 51.9 cm³/mol. The number of carbonyl (C=O) groups excluding carboxylic acids is 1. The molecule has 1 nitrogen and oxygen atoms in total. The summed E-state index contributed by atoms with van der Waals surface area (Å²) in [5.74, 6) is 1.25. The van der Waals surface area contributed by atoms with E-state index in [9.17, 15) is 9.18 Å². The van der Waals surface area contributed by atoms with Crippen molar-refractivity contribution in [2.75, 3.05) is 0 Å². The highest BCUT2D eigenvalue weighted by Gasteiger charge is 2.13. The molecular formula is C10H6BrFO. The van der Waals surface area contributed by atoms with Crippen molar-refractivity contribution in [3.05, 3.63) is 34.1 Å². The normalized spacial score (nSPS) is 9.31. The van der Waals surface area contributed by atoms with Gasteiger partial charge in [-0.15, -0.1) is 6.42 Å². The molecule has 66 valence electrons. The molecule has 1 aromatic rings. The third kappa shape index (κ3) is 2.16. The van der Waals surface area contributed by atoms with Crippen molar-refractivity contribution in [3.63, 3.8) is 0 Å². The van der Waals surface area contributed by atoms with Crippen LogP contribution in [0, 0.1) is 18.2 Å². The smallest absolute Gasteiger partial charge is 0.178 e. The first-order valence-corrected chi connectivity index (χ1v) is 4.36. The summed E-state index contributed by atoms with van der Waals surface area (Å²) in [6.45, 7) is 0. The summed E-state index contributed by atoms with van der Waals surface area (Å²) in [4.78, 5) is 11.3. The summed E-state index contributed by atoms with van der Waals surface area (Å²) >= 11 is 3.09. The topological polar surface area (TPSA) is 17.1 Å². The Bertz CT molecular complexity index is 359. The maximum atomic E-state index is 13.1. The molecule has 13 heavy (non-hydrogen) atoms. The molecule has 0 aliphatic rings. The molecule has 1 aromatic carbocycles. The number of hydrogen-bond donors (Lipinski definition) is 0. The molecule has 0 aliphatic carbocycles. The van der Waals surface area contributed by atoms with Gasteiger partial charge in [-0.25, -0.2) is 4.39 Å². The van der Waals surface area contributed by atoms with Gasteiger partial charge in [-0.05, 0) is 28.1 Å². The number of halogens is 2. The molecule has 0 heterocycles. The van der Waals surface area contributed by atoms with E-state index in [-0.39, 0.29) is 17.8 Å². The quantitative estimate of drug-likeness (QED) is 0.574. The molecule has 0 saturated carbocycles. The van der Waals surface area contributed by atoms with Gasteiger partial charge in [-0.1, -0.05) is 12.0 Å². The Balaban J connectivity index is 3.14. The van der Waals surface area contributed by atoms with Crippen LogP contribution in [0.15, 0.2) is 22.7 Å². The standard InChI is InChI=1S/C10H6BrFO/c1-2-4-9(13)10-7(11)5-3-6-8(10)12/h1,3,5-6H,4H2. The van der Waals surface area contributed by atoms with E-state index in [0.717, 1.165) is 0 Å². The zero-order chi connectivity index (χ0) is 9.84. The van der Waals surface area contributed by atoms with E-state index in [1.165, 1.54) is 12.1 Å². The van der Waals surface area contributed by atoms with Gasteiger partial charge in [0.1, 0.15) is 5.82 Å². The van der Waals surface area contributed by atoms with Gasteiger partial charge in [-0.3, -0.25) is 4.79 Å². The summed E-state index contributed by atoms with van der Waals surface area (Å²) in [6, 6.07) is 4.35. The summed E-state index contributed by atoms with van der Waals surface area (Å²) in [7, 11) is 0. The number of benzene rings is 1. The van der Waals surface area contributed by atoms with Crippen molar-refractivity contribution in [1.82, 2.24) is 0 Å². The number of Topliss-reactive ketones (excluding diaryl/α,β-unsaturated/α-hetero) is 1. The molecule has 0 aromatic heterocycles. The van der Waals surface area contributed by atoms with Gasteiger partial charge in [-0.2, -0.15) is 0 Å². The van der Waals surface area contributed by atoms with Crippen LogP contribution in [0.25, 0.3) is 0 Å². The summed E-state index contributed by atoms with van der Waals surface area (Å²) < 4.78 is 13.5. The third-order valence-corrected chi connectivity index (χ3v) is 2.17. The molecule has 3 heteroatoms. The fraction of sp³-hybridized carbons (Fsp3) is 0.100. The van der Waals surface area contributed by atoms with Crippen molar-refractivity contribution >= 4 is 21.7 Å². The van der Waals surface area contributed by atoms with Gasteiger partial charge in [0.05, 0.1) is 12.0 Å². The number of terminal acetylenes is 1. The van der Waals surface area contributed by atoms with Crippen LogP contribution in [0.5, 0.6) is 0 Å². The van der Waals surface area contributed by atoms with Crippen LogP contribution in [-0.4, -0.2) is 5.78 Å². The van der Waals surface area contributed by atoms with E-state index in [4.69, 9.17) is 6.42 Å². The highest BCUT2D eigenvalue weighted by Crippen LogP contribution is 2.20. The molecule has 0 bridgehead atoms. The van der Waals surface area contributed by atoms with Crippen LogP contribution in [0.1, 0.15) is 16.8 Å². The van der Waals surface area contributed by atoms with E-state index in [1.807, 2.05) is 0 Å². The Morgan fingerprint density at radius 3 is 2.85 bits per heavy atom. The van der Waals surface area contributed by atoms with Crippen LogP contribution in [0.3, 0.4) is 0 Å². The first-order valence-electron chi connectivity index (χ1n) is 3.57. The molecule has 0 unspecified atom stereocenters. The van der Waals surface area contributed by atoms with Crippen LogP contribution in [0.2, 0.25) is 0 Å². The summed E-state index contributed by atoms with van der Waals surface area (Å²) in [6.07, 6.45) is 4.87. The van der Waals surface area contributed by atoms with Crippen molar-refractivity contribution in [3.8, 4) is 12.3 Å². The zero-order valence-electron chi connectivity index (χ0n) is 6.68. The van der Waals surface area contributed by atoms with E-state index in [2.05, 4.69) is 21.9 Å². The number of carbonyl (C=O) groups is 1. The third-order valence-electron chi connectivity index (χ3n) is 1.50. The molecule has 1 rings (SSSR count). The lowest BCUT2D eigenvalue weighted by atomic mass is 10.1. The van der Waals surface area contributed by atoms with Gasteiger partial charge in [0.2, 0.25) is 0 Å². The molecule has 0 spiro atoms. The predicted octanol–water partition coefficient (Wildman–Crippen LogP) is 2.79. The molecular weight excluding hydrogens is 235 g/mol. The van der Waals surface area contributed by atoms with E-state index < -0.39 is 5.82 Å². The average molecular weight is 241 g/mol. The van der Waals surface area contributed by atoms with Crippen molar-refractivity contribution < 1.29 is 9.18 Å². The van der Waals surface area contributed by atoms with E-state index >= 15 is 0 Å². The minimum absolute atomic E-state index is 0.0282. The number of rotatable bonds is 2. The molecule has 0 atom stereocenters. The minimum atomic E-state index is -0.547. The van der Waals surface area contributed by atoms with Crippen LogP contribution >= 0.6 is 15.9 Å². The van der Waals surface area contributed by atoms with E-state index in [0.29, 0.717) is 4.47 Å². The lowest BCUT2D eigenvalue weighted by molar-refractivity contribution is 0.0993. The first-order chi connectivity index (χ1) is 6.16. The highest BCUT2D eigenvalue weighted by atomic mass is 79.9. The molecule has 0 amide bonds. The minimum Gasteiger partial charge on any atom is -0.293 e. The Morgan fingerprint density at radius 2 is 2.31 bits per heavy atom. The van der Waals surface area contributed by atoms with Crippen LogP contribution in [0.4, 0.5) is 4.39 Å². The van der Waals surface area contributed by atoms with Crippen molar-refractivity contribution in [2.24, 2.45) is 0 Å². The Labute approximate surface area is 84.1 Å². The number of hydrogen-bond acceptors (Lipinski definition) is 1. The van der Waals surface area contributed by atoms with E-state index in [1.54, 1.807) is 6.07 Å². The molecule has 0 fully saturated rings. The van der Waals surface area contributed by atoms with Gasteiger partial charge >= 0.3 is 0 Å². The zero-order valence-corrected chi connectivity index (χ0v) is 8.27. The van der Waals surface area contributed by atoms with Crippen LogP contribution in [-0.2, 0) is 0 Å². The monoisotopic (exact) mass is 240 g/mol. The maximum Gasteiger partial charge on any atom is 0.178 e. The van der Waals surface area contributed by atoms with Crippen molar-refractivity contribution in [2.45, 2.75) is 6.42 Å². The highest BCUT2D eigenvalue weighted by molar-refractivity contribution is 9.10. The maximum absolute atomic E-state index is 13.1. The van der Waals surface area contributed by atoms with Gasteiger partial charge in [0, 0.05) is 4.47 Å². The van der Waals surface area contributed by atoms with Gasteiger partial charge < -0.3 is 0 Å². The summed E-state index contributed by atoms with van der Waals surface area (Å²) in [5, 5.41) is 0. The molecule has 0 saturated heterocycles. The lowest BCUT2D eigenvalue weighted by Crippen LogP contribution is -2.02. The van der Waals surface area contributed by atoms with Crippen LogP contribution < -0.4 is 0 Å². The lowest BCUT2D eigenvalue weighted by Gasteiger charge is -2.01. The Hall–Kier alpha value is -1.14. The molecule has 0 N–H and O–H groups in total. The molecule has 0 aliphatic heterocycles.